The van der Waals surface area contributed by atoms with Crippen molar-refractivity contribution in [3.05, 3.63) is 29.3 Å². The third-order valence-corrected chi connectivity index (χ3v) is 1.85. The summed E-state index contributed by atoms with van der Waals surface area (Å²) in [5.41, 5.74) is 5.44. The molecule has 0 saturated carbocycles. The van der Waals surface area contributed by atoms with Crippen LogP contribution in [0.3, 0.4) is 0 Å². The predicted octanol–water partition coefficient (Wildman–Crippen LogP) is 1.48. The molecular formula is C9H11ClFNO3. The first-order chi connectivity index (χ1) is 6.56. The molecule has 0 aliphatic heterocycles. The van der Waals surface area contributed by atoms with E-state index < -0.39 is 18.7 Å². The number of hydrogen-bond donors (Lipinski definition) is 3. The Hall–Kier alpha value is -1.33. The van der Waals surface area contributed by atoms with Gasteiger partial charge in [0.05, 0.1) is 6.04 Å². The number of aromatic hydroxyl groups is 1. The van der Waals surface area contributed by atoms with Crippen LogP contribution in [-0.2, 0) is 0 Å². The lowest BCUT2D eigenvalue weighted by Gasteiger charge is -2.08. The van der Waals surface area contributed by atoms with Crippen molar-refractivity contribution in [3.63, 3.8) is 0 Å². The fourth-order valence-electron chi connectivity index (χ4n) is 1.04. The van der Waals surface area contributed by atoms with Crippen LogP contribution >= 0.6 is 12.4 Å². The molecule has 0 radical (unpaired) electrons. The summed E-state index contributed by atoms with van der Waals surface area (Å²) in [6.07, 6.45) is 0. The molecule has 1 aromatic rings. The molecule has 1 rings (SSSR count). The van der Waals surface area contributed by atoms with E-state index in [2.05, 4.69) is 0 Å². The fourth-order valence-corrected chi connectivity index (χ4v) is 1.04. The van der Waals surface area contributed by atoms with Crippen molar-refractivity contribution in [3.8, 4) is 5.75 Å². The van der Waals surface area contributed by atoms with Crippen LogP contribution in [0.4, 0.5) is 4.39 Å². The second-order valence-electron chi connectivity index (χ2n) is 2.84. The zero-order chi connectivity index (χ0) is 10.7. The summed E-state index contributed by atoms with van der Waals surface area (Å²) in [4.78, 5) is 10.6. The number of carbonyl (C=O) groups is 1. The van der Waals surface area contributed by atoms with Gasteiger partial charge in [-0.1, -0.05) is 6.07 Å². The van der Waals surface area contributed by atoms with Gasteiger partial charge in [0.25, 0.3) is 0 Å². The van der Waals surface area contributed by atoms with Gasteiger partial charge in [-0.25, -0.2) is 9.18 Å². The SMILES string of the molecule is Cl.N[C@H](CF)c1ccc(O)c(C(=O)O)c1. The van der Waals surface area contributed by atoms with Crippen molar-refractivity contribution in [2.75, 3.05) is 6.67 Å². The minimum atomic E-state index is -1.27. The molecule has 0 aliphatic carbocycles. The van der Waals surface area contributed by atoms with Gasteiger partial charge >= 0.3 is 5.97 Å². The number of carboxylic acids is 1. The molecule has 6 heteroatoms. The number of rotatable bonds is 3. The smallest absolute Gasteiger partial charge is 0.339 e. The van der Waals surface area contributed by atoms with E-state index in [0.29, 0.717) is 5.56 Å². The number of halogens is 2. The summed E-state index contributed by atoms with van der Waals surface area (Å²) >= 11 is 0. The Kier molecular flexibility index (Phi) is 5.04. The molecular weight excluding hydrogens is 225 g/mol. The van der Waals surface area contributed by atoms with Crippen molar-refractivity contribution in [2.45, 2.75) is 6.04 Å². The monoisotopic (exact) mass is 235 g/mol. The number of carboxylic acid groups (broad SMARTS) is 1. The lowest BCUT2D eigenvalue weighted by molar-refractivity contribution is 0.0693. The van der Waals surface area contributed by atoms with E-state index in [1.54, 1.807) is 0 Å². The number of aromatic carboxylic acids is 1. The largest absolute Gasteiger partial charge is 0.507 e. The third kappa shape index (κ3) is 3.07. The van der Waals surface area contributed by atoms with Gasteiger partial charge in [0.15, 0.2) is 0 Å². The molecule has 4 N–H and O–H groups in total. The minimum Gasteiger partial charge on any atom is -0.507 e. The van der Waals surface area contributed by atoms with Crippen molar-refractivity contribution < 1.29 is 19.4 Å². The van der Waals surface area contributed by atoms with Crippen molar-refractivity contribution in [1.82, 2.24) is 0 Å². The molecule has 0 spiro atoms. The van der Waals surface area contributed by atoms with Gasteiger partial charge in [0.1, 0.15) is 18.0 Å². The van der Waals surface area contributed by atoms with Crippen LogP contribution in [0, 0.1) is 0 Å². The number of hydrogen-bond acceptors (Lipinski definition) is 3. The summed E-state index contributed by atoms with van der Waals surface area (Å²) in [6.45, 7) is -0.774. The average molecular weight is 236 g/mol. The maximum atomic E-state index is 12.2. The van der Waals surface area contributed by atoms with Crippen molar-refractivity contribution in [2.24, 2.45) is 5.73 Å². The van der Waals surface area contributed by atoms with E-state index in [0.717, 1.165) is 0 Å². The molecule has 0 fully saturated rings. The van der Waals surface area contributed by atoms with Crippen molar-refractivity contribution >= 4 is 18.4 Å². The van der Waals surface area contributed by atoms with Gasteiger partial charge in [0, 0.05) is 0 Å². The standard InChI is InChI=1S/C9H10FNO3.ClH/c10-4-7(11)5-1-2-8(12)6(3-5)9(13)14;/h1-3,7,12H,4,11H2,(H,13,14);1H/t7-;/m1./s1. The molecule has 84 valence electrons. The Bertz CT molecular complexity index is 359. The van der Waals surface area contributed by atoms with Gasteiger partial charge in [-0.2, -0.15) is 0 Å². The summed E-state index contributed by atoms with van der Waals surface area (Å²) in [5.74, 6) is -1.62. The highest BCUT2D eigenvalue weighted by Crippen LogP contribution is 2.21. The second-order valence-corrected chi connectivity index (χ2v) is 2.84. The molecule has 0 bridgehead atoms. The van der Waals surface area contributed by atoms with E-state index in [9.17, 15) is 9.18 Å². The molecule has 1 aromatic carbocycles. The highest BCUT2D eigenvalue weighted by Gasteiger charge is 2.13. The average Bonchev–Trinajstić information content (AvgIpc) is 2.17. The zero-order valence-electron chi connectivity index (χ0n) is 7.68. The van der Waals surface area contributed by atoms with E-state index in [1.807, 2.05) is 0 Å². The number of benzene rings is 1. The van der Waals surface area contributed by atoms with Gasteiger partial charge in [0.2, 0.25) is 0 Å². The van der Waals surface area contributed by atoms with Crippen LogP contribution in [0.2, 0.25) is 0 Å². The maximum Gasteiger partial charge on any atom is 0.339 e. The first-order valence-electron chi connectivity index (χ1n) is 3.94. The molecule has 0 amide bonds. The first kappa shape index (κ1) is 13.7. The molecule has 0 unspecified atom stereocenters. The fraction of sp³-hybridized carbons (Fsp3) is 0.222. The van der Waals surface area contributed by atoms with Crippen LogP contribution < -0.4 is 5.73 Å². The van der Waals surface area contributed by atoms with E-state index in [4.69, 9.17) is 15.9 Å². The second kappa shape index (κ2) is 5.53. The maximum absolute atomic E-state index is 12.2. The van der Waals surface area contributed by atoms with E-state index in [-0.39, 0.29) is 23.7 Å². The van der Waals surface area contributed by atoms with Crippen LogP contribution in [0.15, 0.2) is 18.2 Å². The number of nitrogens with two attached hydrogens (primary N) is 1. The van der Waals surface area contributed by atoms with E-state index >= 15 is 0 Å². The Morgan fingerprint density at radius 3 is 2.60 bits per heavy atom. The predicted molar refractivity (Wildman–Crippen MR) is 55.2 cm³/mol. The van der Waals surface area contributed by atoms with Crippen LogP contribution in [0.5, 0.6) is 5.75 Å². The Labute approximate surface area is 91.9 Å². The molecule has 1 atom stereocenters. The normalized spacial score (nSPS) is 11.6. The first-order valence-corrected chi connectivity index (χ1v) is 3.94. The number of alkyl halides is 1. The van der Waals surface area contributed by atoms with Crippen molar-refractivity contribution in [1.29, 1.82) is 0 Å². The lowest BCUT2D eigenvalue weighted by Crippen LogP contribution is -2.13. The van der Waals surface area contributed by atoms with Crippen LogP contribution in [0.25, 0.3) is 0 Å². The number of phenols is 1. The molecule has 0 heterocycles. The quantitative estimate of drug-likeness (QED) is 0.741. The molecule has 4 nitrogen and oxygen atoms in total. The van der Waals surface area contributed by atoms with Gasteiger partial charge < -0.3 is 15.9 Å². The lowest BCUT2D eigenvalue weighted by atomic mass is 10.0. The van der Waals surface area contributed by atoms with Gasteiger partial charge in [-0.15, -0.1) is 12.4 Å². The van der Waals surface area contributed by atoms with Gasteiger partial charge in [-0.3, -0.25) is 0 Å². The van der Waals surface area contributed by atoms with E-state index in [1.165, 1.54) is 18.2 Å². The zero-order valence-corrected chi connectivity index (χ0v) is 8.50. The van der Waals surface area contributed by atoms with Crippen LogP contribution in [0.1, 0.15) is 22.0 Å². The summed E-state index contributed by atoms with van der Waals surface area (Å²) in [6, 6.07) is 2.90. The molecule has 0 aliphatic rings. The minimum absolute atomic E-state index is 0. The topological polar surface area (TPSA) is 83.5 Å². The highest BCUT2D eigenvalue weighted by atomic mass is 35.5. The summed E-state index contributed by atoms with van der Waals surface area (Å²) in [5, 5.41) is 17.8. The van der Waals surface area contributed by atoms with Crippen LogP contribution in [-0.4, -0.2) is 22.9 Å². The highest BCUT2D eigenvalue weighted by molar-refractivity contribution is 5.90. The Morgan fingerprint density at radius 1 is 1.53 bits per heavy atom. The molecule has 0 aromatic heterocycles. The molecule has 15 heavy (non-hydrogen) atoms. The van der Waals surface area contributed by atoms with Gasteiger partial charge in [-0.05, 0) is 17.7 Å². The third-order valence-electron chi connectivity index (χ3n) is 1.85. The summed E-state index contributed by atoms with van der Waals surface area (Å²) in [7, 11) is 0. The summed E-state index contributed by atoms with van der Waals surface area (Å²) < 4.78 is 12.2. The Balaban J connectivity index is 0.00000196. The Morgan fingerprint density at radius 2 is 2.13 bits per heavy atom. The molecule has 0 saturated heterocycles.